The zero-order valence-corrected chi connectivity index (χ0v) is 20.5. The van der Waals surface area contributed by atoms with E-state index in [9.17, 15) is 18.3 Å². The van der Waals surface area contributed by atoms with Crippen LogP contribution in [-0.2, 0) is 6.42 Å². The monoisotopic (exact) mass is 492 g/mol. The molecule has 4 atom stereocenters. The Morgan fingerprint density at radius 1 is 1.06 bits per heavy atom. The minimum Gasteiger partial charge on any atom is -0.474 e. The third-order valence-corrected chi connectivity index (χ3v) is 8.24. The number of alkyl halides is 3. The van der Waals surface area contributed by atoms with E-state index < -0.39 is 18.5 Å². The Hall–Kier alpha value is -2.00. The fraction of sp³-hybridized carbons (Fsp3) is 0.731. The van der Waals surface area contributed by atoms with Gasteiger partial charge < -0.3 is 14.7 Å². The summed E-state index contributed by atoms with van der Waals surface area (Å²) in [6, 6.07) is 1.08. The Kier molecular flexibility index (Phi) is 6.92. The van der Waals surface area contributed by atoms with Gasteiger partial charge in [0.25, 0.3) is 0 Å². The summed E-state index contributed by atoms with van der Waals surface area (Å²) in [5.74, 6) is 0.536. The highest BCUT2D eigenvalue weighted by molar-refractivity contribution is 5.85. The largest absolute Gasteiger partial charge is 0.474 e. The van der Waals surface area contributed by atoms with Gasteiger partial charge in [0, 0.05) is 42.9 Å². The number of aliphatic hydroxyl groups is 1. The first-order chi connectivity index (χ1) is 16.7. The normalized spacial score (nSPS) is 30.5. The van der Waals surface area contributed by atoms with Crippen LogP contribution in [0.1, 0.15) is 82.0 Å². The van der Waals surface area contributed by atoms with E-state index in [-0.39, 0.29) is 24.5 Å². The minimum absolute atomic E-state index is 0.0848. The smallest absolute Gasteiger partial charge is 0.389 e. The number of rotatable bonds is 6. The molecule has 2 bridgehead atoms. The molecule has 2 aromatic rings. The topological polar surface area (TPSA) is 71.4 Å². The zero-order chi connectivity index (χ0) is 24.7. The number of hydrogen-bond donors (Lipinski definition) is 1. The second-order valence-electron chi connectivity index (χ2n) is 11.0. The van der Waals surface area contributed by atoms with Gasteiger partial charge in [-0.1, -0.05) is 6.92 Å². The number of aliphatic hydroxyl groups excluding tert-OH is 1. The molecule has 6 nitrogen and oxygen atoms in total. The molecule has 0 aromatic carbocycles. The van der Waals surface area contributed by atoms with E-state index in [1.54, 1.807) is 13.1 Å². The first-order valence-corrected chi connectivity index (χ1v) is 12.9. The lowest BCUT2D eigenvalue weighted by Gasteiger charge is -2.36. The van der Waals surface area contributed by atoms with Crippen LogP contribution in [0.15, 0.2) is 12.4 Å². The molecule has 1 saturated carbocycles. The molecule has 2 aliphatic heterocycles. The summed E-state index contributed by atoms with van der Waals surface area (Å²) in [6.07, 6.45) is 5.87. The van der Waals surface area contributed by atoms with Crippen molar-refractivity contribution in [3.63, 3.8) is 0 Å². The van der Waals surface area contributed by atoms with Crippen LogP contribution >= 0.6 is 0 Å². The van der Waals surface area contributed by atoms with Crippen LogP contribution in [0.4, 0.5) is 13.2 Å². The molecule has 4 heterocycles. The van der Waals surface area contributed by atoms with Gasteiger partial charge in [0.15, 0.2) is 0 Å². The van der Waals surface area contributed by atoms with Crippen molar-refractivity contribution >= 4 is 10.9 Å². The molecule has 1 unspecified atom stereocenters. The van der Waals surface area contributed by atoms with E-state index in [4.69, 9.17) is 14.7 Å². The van der Waals surface area contributed by atoms with Crippen LogP contribution in [0.2, 0.25) is 0 Å². The molecule has 5 rings (SSSR count). The zero-order valence-electron chi connectivity index (χ0n) is 20.5. The molecule has 0 spiro atoms. The number of aromatic nitrogens is 3. The highest BCUT2D eigenvalue weighted by atomic mass is 19.4. The van der Waals surface area contributed by atoms with Gasteiger partial charge >= 0.3 is 6.18 Å². The van der Waals surface area contributed by atoms with Crippen molar-refractivity contribution in [2.24, 2.45) is 5.92 Å². The van der Waals surface area contributed by atoms with Gasteiger partial charge in [-0.15, -0.1) is 0 Å². The maximum Gasteiger partial charge on any atom is 0.389 e. The van der Waals surface area contributed by atoms with E-state index in [0.717, 1.165) is 55.0 Å². The van der Waals surface area contributed by atoms with Gasteiger partial charge in [0.1, 0.15) is 11.9 Å². The van der Waals surface area contributed by atoms with Crippen molar-refractivity contribution < 1.29 is 23.0 Å². The van der Waals surface area contributed by atoms with Gasteiger partial charge in [-0.05, 0) is 70.3 Å². The lowest BCUT2D eigenvalue weighted by atomic mass is 9.82. The first kappa shape index (κ1) is 24.7. The molecular formula is C26H35F3N4O2. The van der Waals surface area contributed by atoms with Crippen LogP contribution < -0.4 is 4.74 Å². The molecule has 2 aromatic heterocycles. The number of fused-ring (bicyclic) bond motifs is 3. The SMILES string of the molecule is C[C@H](Cc1ncc2c(OC3C[C@H]4CC[C@@H](C3)N4C)ncc(C3CCC(O)CC3)c2n1)CC(F)(F)F. The summed E-state index contributed by atoms with van der Waals surface area (Å²) in [5.41, 5.74) is 1.71. The van der Waals surface area contributed by atoms with Gasteiger partial charge in [-0.3, -0.25) is 0 Å². The van der Waals surface area contributed by atoms with E-state index in [0.29, 0.717) is 23.8 Å². The summed E-state index contributed by atoms with van der Waals surface area (Å²) in [5, 5.41) is 10.7. The molecule has 1 N–H and O–H groups in total. The number of pyridine rings is 1. The summed E-state index contributed by atoms with van der Waals surface area (Å²) < 4.78 is 45.0. The average Bonchev–Trinajstić information content (AvgIpc) is 2.99. The van der Waals surface area contributed by atoms with E-state index in [1.165, 1.54) is 12.8 Å². The van der Waals surface area contributed by atoms with Gasteiger partial charge in [-0.2, -0.15) is 13.2 Å². The Labute approximate surface area is 204 Å². The number of nitrogens with zero attached hydrogens (tertiary/aromatic N) is 4. The fourth-order valence-corrected chi connectivity index (χ4v) is 6.33. The Bertz CT molecular complexity index is 1030. The minimum atomic E-state index is -4.21. The van der Waals surface area contributed by atoms with Gasteiger partial charge in [0.05, 0.1) is 17.0 Å². The number of ether oxygens (including phenoxy) is 1. The second kappa shape index (κ2) is 9.81. The summed E-state index contributed by atoms with van der Waals surface area (Å²) in [7, 11) is 2.19. The first-order valence-electron chi connectivity index (χ1n) is 12.9. The third-order valence-electron chi connectivity index (χ3n) is 8.24. The third kappa shape index (κ3) is 5.56. The van der Waals surface area contributed by atoms with Crippen LogP contribution in [0.5, 0.6) is 5.88 Å². The molecule has 1 aliphatic carbocycles. The molecular weight excluding hydrogens is 457 g/mol. The molecule has 0 radical (unpaired) electrons. The average molecular weight is 493 g/mol. The predicted octanol–water partition coefficient (Wildman–Crippen LogP) is 5.18. The van der Waals surface area contributed by atoms with Crippen LogP contribution in [-0.4, -0.2) is 62.5 Å². The highest BCUT2D eigenvalue weighted by Gasteiger charge is 2.39. The van der Waals surface area contributed by atoms with Crippen LogP contribution in [0.3, 0.4) is 0 Å². The molecule has 192 valence electrons. The maximum absolute atomic E-state index is 12.9. The number of piperidine rings is 1. The number of hydrogen-bond acceptors (Lipinski definition) is 6. The van der Waals surface area contributed by atoms with Crippen molar-refractivity contribution in [1.29, 1.82) is 0 Å². The second-order valence-corrected chi connectivity index (χ2v) is 11.0. The van der Waals surface area contributed by atoms with E-state index in [2.05, 4.69) is 16.9 Å². The number of halogens is 3. The molecule has 0 amide bonds. The molecule has 35 heavy (non-hydrogen) atoms. The predicted molar refractivity (Wildman–Crippen MR) is 126 cm³/mol. The lowest BCUT2D eigenvalue weighted by molar-refractivity contribution is -0.143. The summed E-state index contributed by atoms with van der Waals surface area (Å²) in [4.78, 5) is 16.4. The van der Waals surface area contributed by atoms with E-state index >= 15 is 0 Å². The van der Waals surface area contributed by atoms with Crippen molar-refractivity contribution in [1.82, 2.24) is 19.9 Å². The molecule has 3 fully saturated rings. The van der Waals surface area contributed by atoms with Gasteiger partial charge in [-0.25, -0.2) is 15.0 Å². The lowest BCUT2D eigenvalue weighted by Crippen LogP contribution is -2.43. The van der Waals surface area contributed by atoms with Crippen molar-refractivity contribution in [2.45, 2.75) is 108 Å². The fourth-order valence-electron chi connectivity index (χ4n) is 6.33. The van der Waals surface area contributed by atoms with Crippen LogP contribution in [0.25, 0.3) is 10.9 Å². The Balaban J connectivity index is 1.44. The van der Waals surface area contributed by atoms with Crippen LogP contribution in [0, 0.1) is 5.92 Å². The Morgan fingerprint density at radius 3 is 2.40 bits per heavy atom. The van der Waals surface area contributed by atoms with Crippen molar-refractivity contribution in [2.75, 3.05) is 7.05 Å². The highest BCUT2D eigenvalue weighted by Crippen LogP contribution is 2.40. The summed E-state index contributed by atoms with van der Waals surface area (Å²) in [6.45, 7) is 1.58. The van der Waals surface area contributed by atoms with Crippen molar-refractivity contribution in [3.8, 4) is 5.88 Å². The standard InChI is InChI=1S/C26H35F3N4O2/c1-15(12-26(27,28)29)9-23-30-14-22-24(32-23)21(16-3-7-19(34)8-4-16)13-31-25(22)35-20-10-17-5-6-18(11-20)33(17)2/h13-20,34H,3-12H2,1-2H3/t15-,16?,17-,18+,19?,20?/m1/s1. The van der Waals surface area contributed by atoms with Gasteiger partial charge in [0.2, 0.25) is 5.88 Å². The van der Waals surface area contributed by atoms with E-state index in [1.807, 2.05) is 6.20 Å². The quantitative estimate of drug-likeness (QED) is 0.599. The van der Waals surface area contributed by atoms with Crippen molar-refractivity contribution in [3.05, 3.63) is 23.8 Å². The summed E-state index contributed by atoms with van der Waals surface area (Å²) >= 11 is 0. The molecule has 3 aliphatic rings. The maximum atomic E-state index is 12.9. The Morgan fingerprint density at radius 2 is 1.74 bits per heavy atom. The molecule has 9 heteroatoms. The molecule has 2 saturated heterocycles.